The first-order chi connectivity index (χ1) is 10.4. The number of cyclic esters (lactones) is 1. The van der Waals surface area contributed by atoms with E-state index in [-0.39, 0.29) is 5.41 Å². The maximum Gasteiger partial charge on any atom is 0.363 e. The van der Waals surface area contributed by atoms with Crippen molar-refractivity contribution >= 4 is 29.3 Å². The Kier molecular flexibility index (Phi) is 3.71. The van der Waals surface area contributed by atoms with Crippen LogP contribution in [0.25, 0.3) is 6.08 Å². The summed E-state index contributed by atoms with van der Waals surface area (Å²) in [7, 11) is 0. The van der Waals surface area contributed by atoms with Crippen LogP contribution in [0.5, 0.6) is 0 Å². The van der Waals surface area contributed by atoms with E-state index in [0.717, 1.165) is 11.1 Å². The van der Waals surface area contributed by atoms with E-state index in [0.29, 0.717) is 11.6 Å². The number of carbonyl (C=O) groups is 1. The third-order valence-electron chi connectivity index (χ3n) is 3.46. The number of ether oxygens (including phenoxy) is 1. The molecule has 2 aromatic rings. The Bertz CT molecular complexity index is 747. The first kappa shape index (κ1) is 14.7. The van der Waals surface area contributed by atoms with Crippen LogP contribution in [0, 0.1) is 0 Å². The Labute approximate surface area is 134 Å². The molecule has 0 saturated carbocycles. The molecule has 2 heterocycles. The van der Waals surface area contributed by atoms with Gasteiger partial charge in [0.1, 0.15) is 0 Å². The number of nitrogens with zero attached hydrogens (tertiary/aromatic N) is 1. The first-order valence-electron chi connectivity index (χ1n) is 7.09. The van der Waals surface area contributed by atoms with Gasteiger partial charge in [-0.15, -0.1) is 0 Å². The van der Waals surface area contributed by atoms with Gasteiger partial charge in [0.15, 0.2) is 5.70 Å². The van der Waals surface area contributed by atoms with Gasteiger partial charge in [-0.3, -0.25) is 0 Å². The molecule has 0 unspecified atom stereocenters. The molecule has 1 aliphatic heterocycles. The zero-order chi connectivity index (χ0) is 15.7. The molecule has 3 rings (SSSR count). The number of aliphatic imine (C=N–C) groups is 1. The zero-order valence-electron chi connectivity index (χ0n) is 12.8. The van der Waals surface area contributed by atoms with Crippen molar-refractivity contribution in [3.8, 4) is 0 Å². The van der Waals surface area contributed by atoms with Crippen LogP contribution in [0.3, 0.4) is 0 Å². The van der Waals surface area contributed by atoms with E-state index in [1.807, 2.05) is 41.1 Å². The van der Waals surface area contributed by atoms with Gasteiger partial charge in [-0.05, 0) is 51.6 Å². The Morgan fingerprint density at radius 2 is 1.86 bits per heavy atom. The fourth-order valence-electron chi connectivity index (χ4n) is 2.16. The Hall–Kier alpha value is -2.20. The standard InChI is InChI=1S/C18H17NO2S/c1-18(2,3)14-6-4-13(5-7-14)16-19-15(17(20)21-16)10-12-8-9-22-11-12/h4-11H,1-3H3/b15-10+. The topological polar surface area (TPSA) is 38.7 Å². The van der Waals surface area contributed by atoms with Gasteiger partial charge >= 0.3 is 5.97 Å². The van der Waals surface area contributed by atoms with E-state index in [2.05, 4.69) is 25.8 Å². The maximum absolute atomic E-state index is 11.9. The molecule has 0 saturated heterocycles. The van der Waals surface area contributed by atoms with Crippen LogP contribution < -0.4 is 0 Å². The molecule has 4 heteroatoms. The molecule has 112 valence electrons. The Morgan fingerprint density at radius 1 is 1.14 bits per heavy atom. The van der Waals surface area contributed by atoms with E-state index in [1.165, 1.54) is 5.56 Å². The number of esters is 1. The summed E-state index contributed by atoms with van der Waals surface area (Å²) in [5, 5.41) is 3.93. The summed E-state index contributed by atoms with van der Waals surface area (Å²) < 4.78 is 5.28. The molecule has 0 N–H and O–H groups in total. The van der Waals surface area contributed by atoms with Crippen molar-refractivity contribution in [3.63, 3.8) is 0 Å². The summed E-state index contributed by atoms with van der Waals surface area (Å²) in [6.45, 7) is 6.49. The highest BCUT2D eigenvalue weighted by Crippen LogP contribution is 2.24. The number of benzene rings is 1. The van der Waals surface area contributed by atoms with Crippen molar-refractivity contribution in [2.24, 2.45) is 4.99 Å². The molecule has 3 nitrogen and oxygen atoms in total. The normalized spacial score (nSPS) is 16.8. The zero-order valence-corrected chi connectivity index (χ0v) is 13.6. The second-order valence-electron chi connectivity index (χ2n) is 6.22. The molecule has 0 spiro atoms. The summed E-state index contributed by atoms with van der Waals surface area (Å²) >= 11 is 1.58. The van der Waals surface area contributed by atoms with Gasteiger partial charge in [0, 0.05) is 5.56 Å². The van der Waals surface area contributed by atoms with Crippen LogP contribution >= 0.6 is 11.3 Å². The largest absolute Gasteiger partial charge is 0.402 e. The van der Waals surface area contributed by atoms with Crippen LogP contribution in [-0.2, 0) is 14.9 Å². The fourth-order valence-corrected chi connectivity index (χ4v) is 2.78. The van der Waals surface area contributed by atoms with Gasteiger partial charge in [-0.25, -0.2) is 9.79 Å². The highest BCUT2D eigenvalue weighted by Gasteiger charge is 2.24. The smallest absolute Gasteiger partial charge is 0.363 e. The van der Waals surface area contributed by atoms with Crippen LogP contribution in [0.1, 0.15) is 37.5 Å². The monoisotopic (exact) mass is 311 g/mol. The molecule has 0 atom stereocenters. The summed E-state index contributed by atoms with van der Waals surface area (Å²) in [6.07, 6.45) is 1.75. The van der Waals surface area contributed by atoms with Crippen molar-refractivity contribution in [1.29, 1.82) is 0 Å². The van der Waals surface area contributed by atoms with Gasteiger partial charge in [0.2, 0.25) is 5.90 Å². The van der Waals surface area contributed by atoms with Crippen LogP contribution in [0.2, 0.25) is 0 Å². The quantitative estimate of drug-likeness (QED) is 0.609. The van der Waals surface area contributed by atoms with Crippen LogP contribution in [0.15, 0.2) is 51.8 Å². The van der Waals surface area contributed by atoms with Gasteiger partial charge in [-0.1, -0.05) is 32.9 Å². The summed E-state index contributed by atoms with van der Waals surface area (Å²) in [5.41, 5.74) is 3.44. The van der Waals surface area contributed by atoms with Crippen molar-refractivity contribution in [2.45, 2.75) is 26.2 Å². The molecule has 0 fully saturated rings. The van der Waals surface area contributed by atoms with Crippen molar-refractivity contribution in [2.75, 3.05) is 0 Å². The minimum atomic E-state index is -0.402. The molecule has 1 aliphatic rings. The second-order valence-corrected chi connectivity index (χ2v) is 7.00. The van der Waals surface area contributed by atoms with Crippen LogP contribution in [0.4, 0.5) is 0 Å². The average Bonchev–Trinajstić information content (AvgIpc) is 3.09. The number of thiophene rings is 1. The first-order valence-corrected chi connectivity index (χ1v) is 8.03. The lowest BCUT2D eigenvalue weighted by Crippen LogP contribution is -2.11. The van der Waals surface area contributed by atoms with E-state index in [1.54, 1.807) is 17.4 Å². The van der Waals surface area contributed by atoms with Gasteiger partial charge in [0.05, 0.1) is 0 Å². The molecular formula is C18H17NO2S. The molecule has 1 aromatic carbocycles. The molecule has 0 aliphatic carbocycles. The SMILES string of the molecule is CC(C)(C)c1ccc(C2=N/C(=C/c3ccsc3)C(=O)O2)cc1. The van der Waals surface area contributed by atoms with Gasteiger partial charge in [0.25, 0.3) is 0 Å². The summed E-state index contributed by atoms with van der Waals surface area (Å²) in [4.78, 5) is 16.2. The Morgan fingerprint density at radius 3 is 2.45 bits per heavy atom. The van der Waals surface area contributed by atoms with E-state index in [4.69, 9.17) is 4.74 Å². The third-order valence-corrected chi connectivity index (χ3v) is 4.17. The van der Waals surface area contributed by atoms with Crippen molar-refractivity contribution in [1.82, 2.24) is 0 Å². The lowest BCUT2D eigenvalue weighted by molar-refractivity contribution is -0.129. The summed E-state index contributed by atoms with van der Waals surface area (Å²) in [6, 6.07) is 9.93. The minimum Gasteiger partial charge on any atom is -0.402 e. The molecule has 22 heavy (non-hydrogen) atoms. The number of carbonyl (C=O) groups excluding carboxylic acids is 1. The average molecular weight is 311 g/mol. The predicted octanol–water partition coefficient (Wildman–Crippen LogP) is 4.39. The molecule has 0 radical (unpaired) electrons. The van der Waals surface area contributed by atoms with Crippen molar-refractivity contribution < 1.29 is 9.53 Å². The Balaban J connectivity index is 1.88. The maximum atomic E-state index is 11.9. The van der Waals surface area contributed by atoms with Crippen molar-refractivity contribution in [3.05, 3.63) is 63.5 Å². The molecule has 0 amide bonds. The lowest BCUT2D eigenvalue weighted by atomic mass is 9.87. The predicted molar refractivity (Wildman–Crippen MR) is 90.1 cm³/mol. The van der Waals surface area contributed by atoms with E-state index < -0.39 is 5.97 Å². The molecular weight excluding hydrogens is 294 g/mol. The minimum absolute atomic E-state index is 0.0940. The fraction of sp³-hybridized carbons (Fsp3) is 0.222. The lowest BCUT2D eigenvalue weighted by Gasteiger charge is -2.18. The third kappa shape index (κ3) is 3.02. The number of hydrogen-bond acceptors (Lipinski definition) is 4. The number of hydrogen-bond donors (Lipinski definition) is 0. The van der Waals surface area contributed by atoms with Gasteiger partial charge in [-0.2, -0.15) is 11.3 Å². The van der Waals surface area contributed by atoms with E-state index >= 15 is 0 Å². The highest BCUT2D eigenvalue weighted by molar-refractivity contribution is 7.08. The molecule has 1 aromatic heterocycles. The summed E-state index contributed by atoms with van der Waals surface area (Å²) in [5.74, 6) is -0.0342. The number of rotatable bonds is 2. The molecule has 0 bridgehead atoms. The second kappa shape index (κ2) is 5.54. The van der Waals surface area contributed by atoms with Gasteiger partial charge < -0.3 is 4.74 Å². The van der Waals surface area contributed by atoms with Crippen LogP contribution in [-0.4, -0.2) is 11.9 Å². The highest BCUT2D eigenvalue weighted by atomic mass is 32.1. The van der Waals surface area contributed by atoms with E-state index in [9.17, 15) is 4.79 Å².